The Morgan fingerprint density at radius 1 is 1.27 bits per heavy atom. The van der Waals surface area contributed by atoms with Gasteiger partial charge in [-0.15, -0.1) is 0 Å². The van der Waals surface area contributed by atoms with Gasteiger partial charge in [-0.2, -0.15) is 0 Å². The SMILES string of the molecule is CCNC(=NCC1(CCOC)CCCC1)NCC1CCCO1. The molecule has 1 aliphatic heterocycles. The normalized spacial score (nSPS) is 24.6. The van der Waals surface area contributed by atoms with Crippen LogP contribution < -0.4 is 10.6 Å². The van der Waals surface area contributed by atoms with Crippen LogP contribution in [0.4, 0.5) is 0 Å². The summed E-state index contributed by atoms with van der Waals surface area (Å²) < 4.78 is 11.0. The Hall–Kier alpha value is -0.810. The highest BCUT2D eigenvalue weighted by Gasteiger charge is 2.33. The van der Waals surface area contributed by atoms with Crippen LogP contribution in [-0.4, -0.2) is 52.0 Å². The van der Waals surface area contributed by atoms with Crippen LogP contribution in [0.25, 0.3) is 0 Å². The molecule has 22 heavy (non-hydrogen) atoms. The molecule has 1 saturated carbocycles. The maximum absolute atomic E-state index is 5.67. The Morgan fingerprint density at radius 2 is 2.09 bits per heavy atom. The van der Waals surface area contributed by atoms with Crippen molar-refractivity contribution in [1.29, 1.82) is 0 Å². The van der Waals surface area contributed by atoms with Crippen LogP contribution in [0.2, 0.25) is 0 Å². The fourth-order valence-electron chi connectivity index (χ4n) is 3.54. The van der Waals surface area contributed by atoms with Crippen LogP contribution in [-0.2, 0) is 9.47 Å². The zero-order chi connectivity index (χ0) is 15.7. The van der Waals surface area contributed by atoms with E-state index < -0.39 is 0 Å². The first-order valence-corrected chi connectivity index (χ1v) is 8.91. The van der Waals surface area contributed by atoms with E-state index in [2.05, 4.69) is 17.6 Å². The topological polar surface area (TPSA) is 54.9 Å². The minimum atomic E-state index is 0.345. The molecule has 5 nitrogen and oxygen atoms in total. The zero-order valence-corrected chi connectivity index (χ0v) is 14.3. The molecular formula is C17H33N3O2. The van der Waals surface area contributed by atoms with Gasteiger partial charge in [-0.1, -0.05) is 12.8 Å². The highest BCUT2D eigenvalue weighted by atomic mass is 16.5. The lowest BCUT2D eigenvalue weighted by Gasteiger charge is -2.27. The molecule has 0 aromatic carbocycles. The van der Waals surface area contributed by atoms with Crippen molar-refractivity contribution in [1.82, 2.24) is 10.6 Å². The van der Waals surface area contributed by atoms with Gasteiger partial charge in [0.05, 0.1) is 6.10 Å². The van der Waals surface area contributed by atoms with E-state index in [1.165, 1.54) is 32.1 Å². The molecule has 1 aliphatic carbocycles. The van der Waals surface area contributed by atoms with Crippen molar-refractivity contribution in [2.45, 2.75) is 58.0 Å². The predicted octanol–water partition coefficient (Wildman–Crippen LogP) is 2.32. The smallest absolute Gasteiger partial charge is 0.191 e. The average molecular weight is 311 g/mol. The van der Waals surface area contributed by atoms with Crippen molar-refractivity contribution in [2.75, 3.05) is 40.0 Å². The van der Waals surface area contributed by atoms with Gasteiger partial charge >= 0.3 is 0 Å². The third-order valence-electron chi connectivity index (χ3n) is 4.94. The number of nitrogens with zero attached hydrogens (tertiary/aromatic N) is 1. The fraction of sp³-hybridized carbons (Fsp3) is 0.941. The molecule has 0 aromatic rings. The first-order chi connectivity index (χ1) is 10.8. The maximum atomic E-state index is 5.67. The summed E-state index contributed by atoms with van der Waals surface area (Å²) >= 11 is 0. The van der Waals surface area contributed by atoms with E-state index in [0.717, 1.165) is 51.6 Å². The third-order valence-corrected chi connectivity index (χ3v) is 4.94. The Bertz CT molecular complexity index is 335. The molecule has 0 bridgehead atoms. The van der Waals surface area contributed by atoms with Crippen LogP contribution in [0.5, 0.6) is 0 Å². The van der Waals surface area contributed by atoms with Gasteiger partial charge in [0, 0.05) is 40.0 Å². The van der Waals surface area contributed by atoms with E-state index in [1.807, 2.05) is 0 Å². The van der Waals surface area contributed by atoms with Crippen LogP contribution in [0, 0.1) is 5.41 Å². The zero-order valence-electron chi connectivity index (χ0n) is 14.3. The van der Waals surface area contributed by atoms with Crippen molar-refractivity contribution in [3.8, 4) is 0 Å². The lowest BCUT2D eigenvalue weighted by atomic mass is 9.83. The van der Waals surface area contributed by atoms with Gasteiger partial charge in [0.2, 0.25) is 0 Å². The van der Waals surface area contributed by atoms with Gasteiger partial charge in [0.1, 0.15) is 0 Å². The average Bonchev–Trinajstić information content (AvgIpc) is 3.20. The number of hydrogen-bond donors (Lipinski definition) is 2. The number of nitrogens with one attached hydrogen (secondary N) is 2. The Kier molecular flexibility index (Phi) is 7.46. The molecule has 2 N–H and O–H groups in total. The van der Waals surface area contributed by atoms with E-state index in [9.17, 15) is 0 Å². The van der Waals surface area contributed by atoms with E-state index in [-0.39, 0.29) is 0 Å². The van der Waals surface area contributed by atoms with Crippen LogP contribution in [0.1, 0.15) is 51.9 Å². The van der Waals surface area contributed by atoms with Crippen molar-refractivity contribution in [3.63, 3.8) is 0 Å². The van der Waals surface area contributed by atoms with Gasteiger partial charge in [0.25, 0.3) is 0 Å². The summed E-state index contributed by atoms with van der Waals surface area (Å²) in [6.07, 6.45) is 9.04. The minimum absolute atomic E-state index is 0.345. The summed E-state index contributed by atoms with van der Waals surface area (Å²) in [5, 5.41) is 6.80. The Balaban J connectivity index is 1.86. The van der Waals surface area contributed by atoms with Gasteiger partial charge < -0.3 is 20.1 Å². The Morgan fingerprint density at radius 3 is 2.73 bits per heavy atom. The summed E-state index contributed by atoms with van der Waals surface area (Å²) in [7, 11) is 1.79. The molecule has 5 heteroatoms. The van der Waals surface area contributed by atoms with Gasteiger partial charge in [-0.3, -0.25) is 4.99 Å². The molecule has 2 fully saturated rings. The summed E-state index contributed by atoms with van der Waals surface area (Å²) in [5.74, 6) is 0.932. The molecule has 128 valence electrons. The van der Waals surface area contributed by atoms with Crippen molar-refractivity contribution >= 4 is 5.96 Å². The molecular weight excluding hydrogens is 278 g/mol. The molecule has 1 unspecified atom stereocenters. The van der Waals surface area contributed by atoms with E-state index >= 15 is 0 Å². The number of methoxy groups -OCH3 is 1. The summed E-state index contributed by atoms with van der Waals surface area (Å²) in [5.41, 5.74) is 0.349. The monoisotopic (exact) mass is 311 g/mol. The molecule has 1 atom stereocenters. The number of aliphatic imine (C=N–C) groups is 1. The fourth-order valence-corrected chi connectivity index (χ4v) is 3.54. The highest BCUT2D eigenvalue weighted by Crippen LogP contribution is 2.41. The highest BCUT2D eigenvalue weighted by molar-refractivity contribution is 5.79. The molecule has 0 amide bonds. The van der Waals surface area contributed by atoms with Gasteiger partial charge in [-0.25, -0.2) is 0 Å². The molecule has 1 saturated heterocycles. The first kappa shape index (κ1) is 17.5. The van der Waals surface area contributed by atoms with E-state index in [0.29, 0.717) is 11.5 Å². The van der Waals surface area contributed by atoms with Gasteiger partial charge in [-0.05, 0) is 44.4 Å². The predicted molar refractivity (Wildman–Crippen MR) is 90.3 cm³/mol. The minimum Gasteiger partial charge on any atom is -0.385 e. The summed E-state index contributed by atoms with van der Waals surface area (Å²) in [6.45, 7) is 6.51. The van der Waals surface area contributed by atoms with Crippen molar-refractivity contribution in [2.24, 2.45) is 10.4 Å². The van der Waals surface area contributed by atoms with Crippen LogP contribution in [0.3, 0.4) is 0 Å². The number of ether oxygens (including phenoxy) is 2. The number of hydrogen-bond acceptors (Lipinski definition) is 3. The molecule has 1 heterocycles. The van der Waals surface area contributed by atoms with E-state index in [1.54, 1.807) is 7.11 Å². The quantitative estimate of drug-likeness (QED) is 0.533. The number of guanidine groups is 1. The van der Waals surface area contributed by atoms with Crippen LogP contribution >= 0.6 is 0 Å². The molecule has 0 spiro atoms. The molecule has 2 aliphatic rings. The standard InChI is InChI=1S/C17H33N3O2/c1-3-18-16(19-13-15-7-6-11-22-15)20-14-17(10-12-21-2)8-4-5-9-17/h15H,3-14H2,1-2H3,(H2,18,19,20). The van der Waals surface area contributed by atoms with Gasteiger partial charge in [0.15, 0.2) is 5.96 Å². The lowest BCUT2D eigenvalue weighted by molar-refractivity contribution is 0.113. The second kappa shape index (κ2) is 9.36. The first-order valence-electron chi connectivity index (χ1n) is 8.91. The molecule has 0 aromatic heterocycles. The molecule has 0 radical (unpaired) electrons. The van der Waals surface area contributed by atoms with E-state index in [4.69, 9.17) is 14.5 Å². The summed E-state index contributed by atoms with van der Waals surface area (Å²) in [4.78, 5) is 4.86. The third kappa shape index (κ3) is 5.43. The van der Waals surface area contributed by atoms with Crippen molar-refractivity contribution < 1.29 is 9.47 Å². The largest absolute Gasteiger partial charge is 0.385 e. The Labute approximate surface area is 135 Å². The van der Waals surface area contributed by atoms with Crippen LogP contribution in [0.15, 0.2) is 4.99 Å². The second-order valence-electron chi connectivity index (χ2n) is 6.66. The van der Waals surface area contributed by atoms with Crippen molar-refractivity contribution in [3.05, 3.63) is 0 Å². The summed E-state index contributed by atoms with van der Waals surface area (Å²) in [6, 6.07) is 0. The lowest BCUT2D eigenvalue weighted by Crippen LogP contribution is -2.41. The second-order valence-corrected chi connectivity index (χ2v) is 6.66. The molecule has 2 rings (SSSR count). The number of rotatable bonds is 8. The maximum Gasteiger partial charge on any atom is 0.191 e.